The molecule has 134 valence electrons. The minimum absolute atomic E-state index is 0.0235. The zero-order valence-corrected chi connectivity index (χ0v) is 15.1. The average Bonchev–Trinajstić information content (AvgIpc) is 3.17. The fraction of sp³-hybridized carbons (Fsp3) is 0.222. The molecule has 0 atom stereocenters. The number of hydrogen-bond acceptors (Lipinski definition) is 6. The lowest BCUT2D eigenvalue weighted by Crippen LogP contribution is -2.23. The molecule has 0 saturated carbocycles. The monoisotopic (exact) mass is 371 g/mol. The molecule has 1 aromatic carbocycles. The largest absolute Gasteiger partial charge is 0.466 e. The topological polar surface area (TPSA) is 101 Å². The van der Waals surface area contributed by atoms with Gasteiger partial charge in [0.25, 0.3) is 11.7 Å². The number of aromatic nitrogens is 2. The van der Waals surface area contributed by atoms with Gasteiger partial charge < -0.3 is 9.72 Å². The van der Waals surface area contributed by atoms with Crippen LogP contribution in [0, 0.1) is 6.92 Å². The van der Waals surface area contributed by atoms with Crippen LogP contribution in [0.2, 0.25) is 0 Å². The maximum Gasteiger partial charge on any atom is 0.311 e. The standard InChI is InChI=1S/C18H17N3O4S/c1-3-25-14(22)8-11-9-26-18(20-11)21-17(24)16(23)15-10(2)19-13-7-5-4-6-12(13)15/h4-7,9,19H,3,8H2,1-2H3,(H,20,21,24). The number of Topliss-reactive ketones (excluding diaryl/α,β-unsaturated/α-hetero) is 1. The fourth-order valence-corrected chi connectivity index (χ4v) is 3.35. The molecule has 2 aromatic heterocycles. The van der Waals surface area contributed by atoms with Crippen LogP contribution in [0.25, 0.3) is 10.9 Å². The third kappa shape index (κ3) is 3.65. The molecule has 0 aliphatic heterocycles. The van der Waals surface area contributed by atoms with Crippen LogP contribution in [-0.4, -0.2) is 34.2 Å². The van der Waals surface area contributed by atoms with Gasteiger partial charge in [-0.3, -0.25) is 19.7 Å². The van der Waals surface area contributed by atoms with Gasteiger partial charge in [0.1, 0.15) is 0 Å². The Labute approximate surface area is 153 Å². The van der Waals surface area contributed by atoms with Gasteiger partial charge in [-0.25, -0.2) is 4.98 Å². The molecule has 0 bridgehead atoms. The number of para-hydroxylation sites is 1. The minimum atomic E-state index is -0.769. The minimum Gasteiger partial charge on any atom is -0.466 e. The van der Waals surface area contributed by atoms with E-state index in [2.05, 4.69) is 15.3 Å². The van der Waals surface area contributed by atoms with Crippen molar-refractivity contribution in [3.8, 4) is 0 Å². The van der Waals surface area contributed by atoms with Crippen molar-refractivity contribution in [2.24, 2.45) is 0 Å². The average molecular weight is 371 g/mol. The lowest BCUT2D eigenvalue weighted by atomic mass is 10.1. The summed E-state index contributed by atoms with van der Waals surface area (Å²) in [6, 6.07) is 7.31. The summed E-state index contributed by atoms with van der Waals surface area (Å²) in [7, 11) is 0. The second-order valence-electron chi connectivity index (χ2n) is 5.58. The van der Waals surface area contributed by atoms with Crippen molar-refractivity contribution < 1.29 is 19.1 Å². The van der Waals surface area contributed by atoms with Crippen LogP contribution in [0.4, 0.5) is 5.13 Å². The van der Waals surface area contributed by atoms with Crippen LogP contribution < -0.4 is 5.32 Å². The highest BCUT2D eigenvalue weighted by Crippen LogP contribution is 2.23. The van der Waals surface area contributed by atoms with Crippen molar-refractivity contribution in [3.05, 3.63) is 46.6 Å². The van der Waals surface area contributed by atoms with Crippen molar-refractivity contribution in [1.29, 1.82) is 0 Å². The molecule has 2 N–H and O–H groups in total. The van der Waals surface area contributed by atoms with E-state index in [9.17, 15) is 14.4 Å². The number of carbonyl (C=O) groups excluding carboxylic acids is 3. The van der Waals surface area contributed by atoms with Crippen LogP contribution in [-0.2, 0) is 20.7 Å². The van der Waals surface area contributed by atoms with E-state index in [1.54, 1.807) is 25.3 Å². The van der Waals surface area contributed by atoms with Crippen molar-refractivity contribution in [3.63, 3.8) is 0 Å². The zero-order valence-electron chi connectivity index (χ0n) is 14.3. The van der Waals surface area contributed by atoms with E-state index in [4.69, 9.17) is 4.74 Å². The molecule has 1 amide bonds. The van der Waals surface area contributed by atoms with Gasteiger partial charge in [0.15, 0.2) is 5.13 Å². The number of H-pyrrole nitrogens is 1. The lowest BCUT2D eigenvalue weighted by molar-refractivity contribution is -0.142. The quantitative estimate of drug-likeness (QED) is 0.394. The van der Waals surface area contributed by atoms with Gasteiger partial charge in [-0.1, -0.05) is 18.2 Å². The molecular formula is C18H17N3O4S. The summed E-state index contributed by atoms with van der Waals surface area (Å²) in [6.45, 7) is 3.77. The Morgan fingerprint density at radius 1 is 1.27 bits per heavy atom. The molecule has 0 radical (unpaired) electrons. The molecule has 3 rings (SSSR count). The predicted octanol–water partition coefficient (Wildman–Crippen LogP) is 2.86. The van der Waals surface area contributed by atoms with Crippen LogP contribution in [0.15, 0.2) is 29.6 Å². The number of ketones is 1. The summed E-state index contributed by atoms with van der Waals surface area (Å²) in [5.74, 6) is -1.79. The summed E-state index contributed by atoms with van der Waals surface area (Å²) in [4.78, 5) is 43.6. The summed E-state index contributed by atoms with van der Waals surface area (Å²) in [6.07, 6.45) is 0.0235. The Bertz CT molecular complexity index is 989. The number of esters is 1. The molecule has 2 heterocycles. The van der Waals surface area contributed by atoms with E-state index in [0.29, 0.717) is 28.9 Å². The Hall–Kier alpha value is -3.00. The highest BCUT2D eigenvalue weighted by Gasteiger charge is 2.23. The molecule has 0 aliphatic rings. The number of carbonyl (C=O) groups is 3. The van der Waals surface area contributed by atoms with Gasteiger partial charge >= 0.3 is 5.97 Å². The third-order valence-electron chi connectivity index (χ3n) is 3.73. The molecule has 8 heteroatoms. The Kier molecular flexibility index (Phi) is 5.13. The molecule has 0 fully saturated rings. The molecule has 3 aromatic rings. The number of benzene rings is 1. The highest BCUT2D eigenvalue weighted by atomic mass is 32.1. The highest BCUT2D eigenvalue weighted by molar-refractivity contribution is 7.14. The smallest absolute Gasteiger partial charge is 0.311 e. The number of nitrogens with zero attached hydrogens (tertiary/aromatic N) is 1. The number of nitrogens with one attached hydrogen (secondary N) is 2. The molecule has 0 saturated heterocycles. The van der Waals surface area contributed by atoms with Gasteiger partial charge in [0.05, 0.1) is 24.3 Å². The van der Waals surface area contributed by atoms with E-state index in [-0.39, 0.29) is 17.5 Å². The zero-order chi connectivity index (χ0) is 18.7. The van der Waals surface area contributed by atoms with Crippen molar-refractivity contribution in [2.45, 2.75) is 20.3 Å². The van der Waals surface area contributed by atoms with Crippen molar-refractivity contribution in [2.75, 3.05) is 11.9 Å². The third-order valence-corrected chi connectivity index (χ3v) is 4.54. The second kappa shape index (κ2) is 7.49. The maximum atomic E-state index is 12.6. The maximum absolute atomic E-state index is 12.6. The Morgan fingerprint density at radius 2 is 2.04 bits per heavy atom. The SMILES string of the molecule is CCOC(=O)Cc1csc(NC(=O)C(=O)c2c(C)[nH]c3ccccc23)n1. The first-order valence-corrected chi connectivity index (χ1v) is 8.90. The first-order chi connectivity index (χ1) is 12.5. The molecule has 26 heavy (non-hydrogen) atoms. The van der Waals surface area contributed by atoms with Gasteiger partial charge in [-0.2, -0.15) is 0 Å². The first kappa shape index (κ1) is 17.8. The van der Waals surface area contributed by atoms with E-state index >= 15 is 0 Å². The Morgan fingerprint density at radius 3 is 2.81 bits per heavy atom. The van der Waals surface area contributed by atoms with Crippen LogP contribution >= 0.6 is 11.3 Å². The van der Waals surface area contributed by atoms with Gasteiger partial charge in [-0.05, 0) is 19.9 Å². The number of aryl methyl sites for hydroxylation is 1. The van der Waals surface area contributed by atoms with E-state index in [1.807, 2.05) is 18.2 Å². The summed E-state index contributed by atoms with van der Waals surface area (Å²) in [5.41, 5.74) is 2.27. The van der Waals surface area contributed by atoms with E-state index < -0.39 is 11.7 Å². The van der Waals surface area contributed by atoms with Crippen molar-refractivity contribution in [1.82, 2.24) is 9.97 Å². The summed E-state index contributed by atoms with van der Waals surface area (Å²) >= 11 is 1.15. The number of hydrogen-bond donors (Lipinski definition) is 2. The number of ether oxygens (including phenoxy) is 1. The van der Waals surface area contributed by atoms with Crippen molar-refractivity contribution >= 4 is 45.0 Å². The number of amides is 1. The van der Waals surface area contributed by atoms with E-state index in [1.165, 1.54) is 0 Å². The number of fused-ring (bicyclic) bond motifs is 1. The Balaban J connectivity index is 1.74. The summed E-state index contributed by atoms with van der Waals surface area (Å²) in [5, 5.41) is 5.11. The first-order valence-electron chi connectivity index (χ1n) is 8.02. The number of aromatic amines is 1. The fourth-order valence-electron chi connectivity index (χ4n) is 2.64. The van der Waals surface area contributed by atoms with Crippen LogP contribution in [0.3, 0.4) is 0 Å². The van der Waals surface area contributed by atoms with E-state index in [0.717, 1.165) is 16.9 Å². The number of anilines is 1. The summed E-state index contributed by atoms with van der Waals surface area (Å²) < 4.78 is 4.86. The predicted molar refractivity (Wildman–Crippen MR) is 98.4 cm³/mol. The number of rotatable bonds is 6. The second-order valence-corrected chi connectivity index (χ2v) is 6.44. The molecule has 0 aliphatic carbocycles. The number of thiazole rings is 1. The van der Waals surface area contributed by atoms with Crippen LogP contribution in [0.5, 0.6) is 0 Å². The lowest BCUT2D eigenvalue weighted by Gasteiger charge is -2.02. The molecule has 7 nitrogen and oxygen atoms in total. The van der Waals surface area contributed by atoms with Gasteiger partial charge in [0.2, 0.25) is 0 Å². The normalized spacial score (nSPS) is 10.7. The molecule has 0 unspecified atom stereocenters. The molecular weight excluding hydrogens is 354 g/mol. The van der Waals surface area contributed by atoms with Crippen LogP contribution in [0.1, 0.15) is 28.7 Å². The van der Waals surface area contributed by atoms with Gasteiger partial charge in [0, 0.05) is 22.0 Å². The molecule has 0 spiro atoms. The van der Waals surface area contributed by atoms with Gasteiger partial charge in [-0.15, -0.1) is 11.3 Å².